The van der Waals surface area contributed by atoms with Crippen molar-refractivity contribution in [3.63, 3.8) is 0 Å². The molecule has 0 unspecified atom stereocenters. The van der Waals surface area contributed by atoms with E-state index in [0.29, 0.717) is 21.2 Å². The minimum atomic E-state index is -0.464. The van der Waals surface area contributed by atoms with Crippen LogP contribution in [0.5, 0.6) is 0 Å². The molecule has 3 aromatic rings. The summed E-state index contributed by atoms with van der Waals surface area (Å²) in [5, 5.41) is 11.4. The molecule has 0 atom stereocenters. The Hall–Kier alpha value is -3.23. The minimum Gasteiger partial charge on any atom is -0.349 e. The predicted molar refractivity (Wildman–Crippen MR) is 139 cm³/mol. The third kappa shape index (κ3) is 6.90. The van der Waals surface area contributed by atoms with Crippen molar-refractivity contribution in [3.05, 3.63) is 86.8 Å². The van der Waals surface area contributed by atoms with Crippen molar-refractivity contribution < 1.29 is 14.0 Å². The molecule has 0 radical (unpaired) electrons. The molecule has 1 saturated carbocycles. The highest BCUT2D eigenvalue weighted by Crippen LogP contribution is 2.23. The zero-order valence-electron chi connectivity index (χ0n) is 19.2. The maximum atomic E-state index is 14.0. The lowest BCUT2D eigenvalue weighted by Crippen LogP contribution is -2.40. The molecule has 0 aliphatic heterocycles. The van der Waals surface area contributed by atoms with Crippen LogP contribution in [0.15, 0.2) is 65.0 Å². The molecule has 0 saturated heterocycles. The number of hydrogen-bond acceptors (Lipinski definition) is 4. The summed E-state index contributed by atoms with van der Waals surface area (Å²) in [4.78, 5) is 30.6. The second-order valence-corrected chi connectivity index (χ2v) is 9.87. The maximum absolute atomic E-state index is 14.0. The van der Waals surface area contributed by atoms with Gasteiger partial charge in [0.05, 0.1) is 10.9 Å². The molecule has 1 heterocycles. The molecule has 1 aliphatic rings. The summed E-state index contributed by atoms with van der Waals surface area (Å²) in [6, 6.07) is 15.2. The molecule has 6 nitrogen and oxygen atoms in total. The number of aryl methyl sites for hydroxylation is 1. The van der Waals surface area contributed by atoms with Crippen molar-refractivity contribution in [2.24, 2.45) is 4.99 Å². The number of rotatable bonds is 5. The van der Waals surface area contributed by atoms with E-state index in [1.807, 2.05) is 23.6 Å². The van der Waals surface area contributed by atoms with Crippen molar-refractivity contribution in [1.82, 2.24) is 10.6 Å². The van der Waals surface area contributed by atoms with Crippen LogP contribution >= 0.6 is 22.9 Å². The van der Waals surface area contributed by atoms with E-state index in [4.69, 9.17) is 16.6 Å². The number of guanidine groups is 1. The van der Waals surface area contributed by atoms with Gasteiger partial charge in [0.15, 0.2) is 0 Å². The first-order chi connectivity index (χ1) is 16.9. The lowest BCUT2D eigenvalue weighted by Gasteiger charge is -2.27. The zero-order valence-corrected chi connectivity index (χ0v) is 20.8. The van der Waals surface area contributed by atoms with E-state index < -0.39 is 11.7 Å². The molecule has 35 heavy (non-hydrogen) atoms. The summed E-state index contributed by atoms with van der Waals surface area (Å²) >= 11 is 7.53. The zero-order chi connectivity index (χ0) is 24.8. The highest BCUT2D eigenvalue weighted by atomic mass is 35.5. The highest BCUT2D eigenvalue weighted by Gasteiger charge is 2.24. The number of carbonyl (C=O) groups is 2. The summed E-state index contributed by atoms with van der Waals surface area (Å²) in [6.45, 7) is 1.64. The number of nitrogens with one attached hydrogen (secondary N) is 3. The lowest BCUT2D eigenvalue weighted by atomic mass is 9.91. The molecule has 9 heteroatoms. The smallest absolute Gasteiger partial charge is 0.261 e. The van der Waals surface area contributed by atoms with Crippen molar-refractivity contribution in [2.45, 2.75) is 44.7 Å². The van der Waals surface area contributed by atoms with Crippen LogP contribution in [0.2, 0.25) is 5.02 Å². The van der Waals surface area contributed by atoms with E-state index in [9.17, 15) is 14.0 Å². The Labute approximate surface area is 212 Å². The molecular weight excluding hydrogens is 487 g/mol. The van der Waals surface area contributed by atoms with Gasteiger partial charge >= 0.3 is 0 Å². The molecule has 2 aromatic carbocycles. The maximum Gasteiger partial charge on any atom is 0.261 e. The second kappa shape index (κ2) is 11.5. The Balaban J connectivity index is 1.44. The van der Waals surface area contributed by atoms with Crippen molar-refractivity contribution in [3.8, 4) is 0 Å². The quantitative estimate of drug-likeness (QED) is 0.299. The van der Waals surface area contributed by atoms with E-state index in [1.54, 1.807) is 37.3 Å². The van der Waals surface area contributed by atoms with Crippen LogP contribution in [-0.2, 0) is 0 Å². The van der Waals surface area contributed by atoms with Crippen LogP contribution < -0.4 is 16.0 Å². The van der Waals surface area contributed by atoms with Gasteiger partial charge in [-0.15, -0.1) is 11.3 Å². The molecule has 182 valence electrons. The van der Waals surface area contributed by atoms with Gasteiger partial charge in [-0.05, 0) is 79.9 Å². The average molecular weight is 513 g/mol. The molecule has 0 spiro atoms. The molecule has 4 rings (SSSR count). The standard InChI is InChI=1S/C26H26ClFN4O2S/c1-16-7-8-17(14-22(16)28)24(33)32-26(31-21-5-2-4-18(27)15-21)30-20-11-9-19(10-12-20)29-25(34)23-6-3-13-35-23/h2-8,13-15,19-20H,9-12H2,1H3,(H,29,34)(H2,30,31,32,33). The Kier molecular flexibility index (Phi) is 8.15. The fourth-order valence-corrected chi connectivity index (χ4v) is 4.73. The van der Waals surface area contributed by atoms with Gasteiger partial charge in [-0.25, -0.2) is 9.38 Å². The van der Waals surface area contributed by atoms with E-state index in [1.165, 1.54) is 17.4 Å². The Morgan fingerprint density at radius 3 is 2.51 bits per heavy atom. The van der Waals surface area contributed by atoms with Gasteiger partial charge in [-0.2, -0.15) is 0 Å². The predicted octanol–water partition coefficient (Wildman–Crippen LogP) is 5.79. The van der Waals surface area contributed by atoms with Gasteiger partial charge in [0.1, 0.15) is 5.82 Å². The number of aliphatic imine (C=N–C) groups is 1. The van der Waals surface area contributed by atoms with Crippen molar-refractivity contribution in [1.29, 1.82) is 0 Å². The SMILES string of the molecule is Cc1ccc(C(=O)NC(=NC2CCC(NC(=O)c3cccs3)CC2)Nc2cccc(Cl)c2)cc1F. The summed E-state index contributed by atoms with van der Waals surface area (Å²) < 4.78 is 14.0. The van der Waals surface area contributed by atoms with Crippen LogP contribution in [0.4, 0.5) is 10.1 Å². The van der Waals surface area contributed by atoms with Crippen LogP contribution in [-0.4, -0.2) is 29.9 Å². The van der Waals surface area contributed by atoms with Gasteiger partial charge in [0.25, 0.3) is 11.8 Å². The number of anilines is 1. The van der Waals surface area contributed by atoms with Gasteiger partial charge in [-0.1, -0.05) is 29.8 Å². The molecule has 0 bridgehead atoms. The topological polar surface area (TPSA) is 82.6 Å². The monoisotopic (exact) mass is 512 g/mol. The van der Waals surface area contributed by atoms with Gasteiger partial charge in [-0.3, -0.25) is 14.9 Å². The third-order valence-corrected chi connectivity index (χ3v) is 6.95. The number of amides is 2. The first kappa shape index (κ1) is 24.9. The number of carbonyl (C=O) groups excluding carboxylic acids is 2. The van der Waals surface area contributed by atoms with Crippen LogP contribution in [0, 0.1) is 12.7 Å². The van der Waals surface area contributed by atoms with Crippen LogP contribution in [0.3, 0.4) is 0 Å². The lowest BCUT2D eigenvalue weighted by molar-refractivity contribution is 0.0928. The first-order valence-electron chi connectivity index (χ1n) is 11.4. The highest BCUT2D eigenvalue weighted by molar-refractivity contribution is 7.12. The molecular formula is C26H26ClFN4O2S. The Morgan fingerprint density at radius 2 is 1.83 bits per heavy atom. The van der Waals surface area contributed by atoms with Crippen LogP contribution in [0.25, 0.3) is 0 Å². The van der Waals surface area contributed by atoms with E-state index in [2.05, 4.69) is 16.0 Å². The fourth-order valence-electron chi connectivity index (χ4n) is 3.91. The first-order valence-corrected chi connectivity index (χ1v) is 12.7. The van der Waals surface area contributed by atoms with E-state index in [0.717, 1.165) is 25.7 Å². The summed E-state index contributed by atoms with van der Waals surface area (Å²) in [5.74, 6) is -0.687. The van der Waals surface area contributed by atoms with Crippen molar-refractivity contribution >= 4 is 46.4 Å². The largest absolute Gasteiger partial charge is 0.349 e. The summed E-state index contributed by atoms with van der Waals surface area (Å²) in [7, 11) is 0. The number of nitrogens with zero attached hydrogens (tertiary/aromatic N) is 1. The van der Waals surface area contributed by atoms with Crippen molar-refractivity contribution in [2.75, 3.05) is 5.32 Å². The average Bonchev–Trinajstić information content (AvgIpc) is 3.37. The summed E-state index contributed by atoms with van der Waals surface area (Å²) in [5.41, 5.74) is 1.34. The van der Waals surface area contributed by atoms with Gasteiger partial charge in [0, 0.05) is 22.3 Å². The summed E-state index contributed by atoms with van der Waals surface area (Å²) in [6.07, 6.45) is 3.08. The van der Waals surface area contributed by atoms with Gasteiger partial charge < -0.3 is 10.6 Å². The molecule has 1 aromatic heterocycles. The number of halogens is 2. The van der Waals surface area contributed by atoms with E-state index >= 15 is 0 Å². The number of benzene rings is 2. The van der Waals surface area contributed by atoms with Crippen LogP contribution in [0.1, 0.15) is 51.3 Å². The Morgan fingerprint density at radius 1 is 1.03 bits per heavy atom. The molecule has 1 fully saturated rings. The second-order valence-electron chi connectivity index (χ2n) is 8.49. The minimum absolute atomic E-state index is 0.0402. The third-order valence-electron chi connectivity index (χ3n) is 5.84. The molecule has 2 amide bonds. The fraction of sp³-hybridized carbons (Fsp3) is 0.269. The normalized spacial score (nSPS) is 18.1. The number of hydrogen-bond donors (Lipinski definition) is 3. The van der Waals surface area contributed by atoms with Gasteiger partial charge in [0.2, 0.25) is 5.96 Å². The molecule has 1 aliphatic carbocycles. The Bertz CT molecular complexity index is 1220. The van der Waals surface area contributed by atoms with E-state index in [-0.39, 0.29) is 29.5 Å². The molecule has 3 N–H and O–H groups in total. The number of thiophene rings is 1.